The molecule has 5 heteroatoms. The topological polar surface area (TPSA) is 65.1 Å². The maximum absolute atomic E-state index is 12.1. The Morgan fingerprint density at radius 2 is 2.10 bits per heavy atom. The van der Waals surface area contributed by atoms with E-state index in [1.54, 1.807) is 54.3 Å². The van der Waals surface area contributed by atoms with E-state index >= 15 is 0 Å². The fourth-order valence-corrected chi connectivity index (χ4v) is 2.03. The zero-order valence-electron chi connectivity index (χ0n) is 11.3. The van der Waals surface area contributed by atoms with Gasteiger partial charge in [-0.25, -0.2) is 4.79 Å². The Morgan fingerprint density at radius 3 is 2.86 bits per heavy atom. The van der Waals surface area contributed by atoms with Crippen LogP contribution in [0.4, 0.5) is 0 Å². The second kappa shape index (κ2) is 5.20. The number of aryl methyl sites for hydroxylation is 1. The van der Waals surface area contributed by atoms with Crippen LogP contribution in [0.25, 0.3) is 17.0 Å². The first-order valence-corrected chi connectivity index (χ1v) is 6.38. The first kappa shape index (κ1) is 13.1. The maximum Gasteiger partial charge on any atom is 0.347 e. The largest absolute Gasteiger partial charge is 0.422 e. The average molecular weight is 280 g/mol. The first-order chi connectivity index (χ1) is 10.1. The number of carbonyl (C=O) groups excluding carboxylic acids is 1. The molecule has 3 aromatic rings. The Balaban J connectivity index is 1.98. The van der Waals surface area contributed by atoms with Gasteiger partial charge >= 0.3 is 5.63 Å². The lowest BCUT2D eigenvalue weighted by Crippen LogP contribution is -2.12. The van der Waals surface area contributed by atoms with Crippen LogP contribution in [-0.4, -0.2) is 15.6 Å². The lowest BCUT2D eigenvalue weighted by Gasteiger charge is -1.99. The lowest BCUT2D eigenvalue weighted by atomic mass is 10.1. The van der Waals surface area contributed by atoms with Crippen molar-refractivity contribution in [1.82, 2.24) is 9.78 Å². The molecule has 0 aliphatic heterocycles. The highest BCUT2D eigenvalue weighted by Gasteiger charge is 2.11. The van der Waals surface area contributed by atoms with Gasteiger partial charge in [-0.15, -0.1) is 0 Å². The summed E-state index contributed by atoms with van der Waals surface area (Å²) < 4.78 is 6.78. The van der Waals surface area contributed by atoms with Gasteiger partial charge in [-0.05, 0) is 30.4 Å². The molecule has 2 heterocycles. The number of rotatable bonds is 3. The van der Waals surface area contributed by atoms with Crippen molar-refractivity contribution in [3.05, 3.63) is 70.3 Å². The summed E-state index contributed by atoms with van der Waals surface area (Å²) in [4.78, 5) is 24.0. The van der Waals surface area contributed by atoms with Crippen LogP contribution in [-0.2, 0) is 7.05 Å². The number of ketones is 1. The minimum absolute atomic E-state index is 0.0205. The highest BCUT2D eigenvalue weighted by Crippen LogP contribution is 2.13. The molecule has 0 unspecified atom stereocenters. The standard InChI is InChI=1S/C16H12N2O3/c1-18-12(8-9-17-18)6-7-14(19)13-10-11-4-2-3-5-15(11)21-16(13)20/h2-10H,1H3. The van der Waals surface area contributed by atoms with Gasteiger partial charge in [0.05, 0.1) is 5.69 Å². The Hall–Kier alpha value is -2.95. The third-order valence-electron chi connectivity index (χ3n) is 3.17. The minimum Gasteiger partial charge on any atom is -0.422 e. The number of para-hydroxylation sites is 1. The highest BCUT2D eigenvalue weighted by molar-refractivity contribution is 6.07. The average Bonchev–Trinajstić information content (AvgIpc) is 2.89. The van der Waals surface area contributed by atoms with Crippen LogP contribution < -0.4 is 5.63 Å². The number of allylic oxidation sites excluding steroid dienone is 1. The number of nitrogens with zero attached hydrogens (tertiary/aromatic N) is 2. The zero-order chi connectivity index (χ0) is 14.8. The van der Waals surface area contributed by atoms with Gasteiger partial charge in [0.2, 0.25) is 0 Å². The summed E-state index contributed by atoms with van der Waals surface area (Å²) in [6.07, 6.45) is 4.59. The van der Waals surface area contributed by atoms with E-state index in [1.807, 2.05) is 6.07 Å². The number of aromatic nitrogens is 2. The zero-order valence-corrected chi connectivity index (χ0v) is 11.3. The molecule has 0 radical (unpaired) electrons. The molecular formula is C16H12N2O3. The van der Waals surface area contributed by atoms with E-state index in [9.17, 15) is 9.59 Å². The predicted molar refractivity (Wildman–Crippen MR) is 79.1 cm³/mol. The number of hydrogen-bond acceptors (Lipinski definition) is 4. The minimum atomic E-state index is -0.631. The van der Waals surface area contributed by atoms with Crippen molar-refractivity contribution in [3.8, 4) is 0 Å². The van der Waals surface area contributed by atoms with E-state index in [0.29, 0.717) is 5.58 Å². The van der Waals surface area contributed by atoms with Crippen molar-refractivity contribution < 1.29 is 9.21 Å². The van der Waals surface area contributed by atoms with E-state index in [1.165, 1.54) is 6.08 Å². The summed E-state index contributed by atoms with van der Waals surface area (Å²) in [6, 6.07) is 10.4. The SMILES string of the molecule is Cn1nccc1C=CC(=O)c1cc2ccccc2oc1=O. The lowest BCUT2D eigenvalue weighted by molar-refractivity contribution is 0.104. The highest BCUT2D eigenvalue weighted by atomic mass is 16.4. The molecule has 3 rings (SSSR count). The molecule has 0 aliphatic rings. The van der Waals surface area contributed by atoms with Crippen molar-refractivity contribution in [3.63, 3.8) is 0 Å². The van der Waals surface area contributed by atoms with Crippen molar-refractivity contribution in [2.75, 3.05) is 0 Å². The number of carbonyl (C=O) groups is 1. The predicted octanol–water partition coefficient (Wildman–Crippen LogP) is 2.42. The summed E-state index contributed by atoms with van der Waals surface area (Å²) in [6.45, 7) is 0. The Morgan fingerprint density at radius 1 is 1.29 bits per heavy atom. The molecular weight excluding hydrogens is 268 g/mol. The van der Waals surface area contributed by atoms with E-state index in [2.05, 4.69) is 5.10 Å². The molecule has 0 spiro atoms. The Bertz CT molecular complexity index is 903. The molecule has 1 aromatic carbocycles. The molecule has 0 atom stereocenters. The van der Waals surface area contributed by atoms with Gasteiger partial charge < -0.3 is 4.42 Å². The second-order valence-electron chi connectivity index (χ2n) is 4.56. The summed E-state index contributed by atoms with van der Waals surface area (Å²) in [5.41, 5.74) is 0.628. The van der Waals surface area contributed by atoms with Crippen LogP contribution in [0.15, 0.2) is 57.9 Å². The van der Waals surface area contributed by atoms with Crippen LogP contribution in [0, 0.1) is 0 Å². The van der Waals surface area contributed by atoms with E-state index in [4.69, 9.17) is 4.42 Å². The monoisotopic (exact) mass is 280 g/mol. The molecule has 0 bridgehead atoms. The summed E-state index contributed by atoms with van der Waals surface area (Å²) in [5.74, 6) is -0.393. The fourth-order valence-electron chi connectivity index (χ4n) is 2.03. The van der Waals surface area contributed by atoms with Gasteiger partial charge in [0.1, 0.15) is 11.1 Å². The number of fused-ring (bicyclic) bond motifs is 1. The Labute approximate surface area is 120 Å². The van der Waals surface area contributed by atoms with Gasteiger partial charge in [0.15, 0.2) is 5.78 Å². The third-order valence-corrected chi connectivity index (χ3v) is 3.17. The molecule has 104 valence electrons. The maximum atomic E-state index is 12.1. The van der Waals surface area contributed by atoms with Gasteiger partial charge in [-0.1, -0.05) is 18.2 Å². The first-order valence-electron chi connectivity index (χ1n) is 6.38. The van der Waals surface area contributed by atoms with Crippen molar-refractivity contribution in [1.29, 1.82) is 0 Å². The Kier molecular flexibility index (Phi) is 3.23. The van der Waals surface area contributed by atoms with Crippen LogP contribution >= 0.6 is 0 Å². The van der Waals surface area contributed by atoms with Gasteiger partial charge in [-0.3, -0.25) is 9.48 Å². The molecule has 0 fully saturated rings. The molecule has 21 heavy (non-hydrogen) atoms. The summed E-state index contributed by atoms with van der Waals surface area (Å²) in [5, 5.41) is 4.72. The molecule has 0 saturated heterocycles. The van der Waals surface area contributed by atoms with Crippen LogP contribution in [0.3, 0.4) is 0 Å². The van der Waals surface area contributed by atoms with Crippen LogP contribution in [0.5, 0.6) is 0 Å². The fraction of sp³-hybridized carbons (Fsp3) is 0.0625. The van der Waals surface area contributed by atoms with Gasteiger partial charge in [0, 0.05) is 18.6 Å². The molecule has 0 saturated carbocycles. The number of benzene rings is 1. The van der Waals surface area contributed by atoms with Crippen molar-refractivity contribution in [2.24, 2.45) is 7.05 Å². The van der Waals surface area contributed by atoms with E-state index in [-0.39, 0.29) is 5.56 Å². The van der Waals surface area contributed by atoms with Crippen molar-refractivity contribution >= 4 is 22.8 Å². The molecule has 5 nitrogen and oxygen atoms in total. The van der Waals surface area contributed by atoms with Gasteiger partial charge in [-0.2, -0.15) is 5.10 Å². The molecule has 2 aromatic heterocycles. The van der Waals surface area contributed by atoms with Gasteiger partial charge in [0.25, 0.3) is 0 Å². The smallest absolute Gasteiger partial charge is 0.347 e. The summed E-state index contributed by atoms with van der Waals surface area (Å²) in [7, 11) is 1.77. The van der Waals surface area contributed by atoms with E-state index < -0.39 is 11.4 Å². The van der Waals surface area contributed by atoms with Crippen molar-refractivity contribution in [2.45, 2.75) is 0 Å². The quantitative estimate of drug-likeness (QED) is 0.420. The molecule has 0 N–H and O–H groups in total. The van der Waals surface area contributed by atoms with Crippen LogP contribution in [0.1, 0.15) is 16.1 Å². The van der Waals surface area contributed by atoms with E-state index in [0.717, 1.165) is 11.1 Å². The molecule has 0 amide bonds. The second-order valence-corrected chi connectivity index (χ2v) is 4.56. The normalized spacial score (nSPS) is 11.3. The molecule has 0 aliphatic carbocycles. The third kappa shape index (κ3) is 2.53. The summed E-state index contributed by atoms with van der Waals surface area (Å²) >= 11 is 0. The van der Waals surface area contributed by atoms with Crippen LogP contribution in [0.2, 0.25) is 0 Å². The number of hydrogen-bond donors (Lipinski definition) is 0.